The molecule has 1 rings (SSSR count). The van der Waals surface area contributed by atoms with Crippen LogP contribution in [0.2, 0.25) is 0 Å². The van der Waals surface area contributed by atoms with Crippen molar-refractivity contribution in [3.8, 4) is 0 Å². The number of aryl methyl sites for hydroxylation is 1. The first-order valence-corrected chi connectivity index (χ1v) is 4.43. The van der Waals surface area contributed by atoms with Crippen LogP contribution in [0.4, 0.5) is 0 Å². The molecule has 0 fully saturated rings. The van der Waals surface area contributed by atoms with Crippen molar-refractivity contribution < 1.29 is 14.3 Å². The van der Waals surface area contributed by atoms with Gasteiger partial charge in [-0.05, 0) is 13.8 Å². The second kappa shape index (κ2) is 4.55. The molecule has 0 saturated heterocycles. The van der Waals surface area contributed by atoms with Crippen LogP contribution in [0.3, 0.4) is 0 Å². The fraction of sp³-hybridized carbons (Fsp3) is 0.444. The number of aromatic nitrogens is 2. The summed E-state index contributed by atoms with van der Waals surface area (Å²) in [5.74, 6) is -1.42. The number of esters is 1. The maximum atomic E-state index is 11.4. The largest absolute Gasteiger partial charge is 0.460 e. The number of ketones is 1. The lowest BCUT2D eigenvalue weighted by atomic mass is 10.3. The number of Topliss-reactive ketones (excluding diaryl/α,β-unsaturated/α-hetero) is 1. The van der Waals surface area contributed by atoms with Gasteiger partial charge in [-0.1, -0.05) is 0 Å². The summed E-state index contributed by atoms with van der Waals surface area (Å²) in [6, 6.07) is 0. The van der Waals surface area contributed by atoms with Crippen LogP contribution in [0, 0.1) is 0 Å². The minimum absolute atomic E-state index is 0.131. The third-order valence-electron chi connectivity index (χ3n) is 1.72. The highest BCUT2D eigenvalue weighted by molar-refractivity contribution is 6.39. The van der Waals surface area contributed by atoms with Crippen molar-refractivity contribution in [1.82, 2.24) is 9.55 Å². The van der Waals surface area contributed by atoms with Gasteiger partial charge in [0.25, 0.3) is 0 Å². The van der Waals surface area contributed by atoms with E-state index in [2.05, 4.69) is 9.72 Å². The standard InChI is InChI=1S/C9H12N2O3/c1-3-11-6-5-10-8(11)7(12)9(13)14-4-2/h5-6H,3-4H2,1-2H3. The number of carbonyl (C=O) groups excluding carboxylic acids is 2. The van der Waals surface area contributed by atoms with Crippen LogP contribution >= 0.6 is 0 Å². The molecule has 76 valence electrons. The first-order chi connectivity index (χ1) is 6.70. The van der Waals surface area contributed by atoms with Gasteiger partial charge in [0.1, 0.15) is 0 Å². The van der Waals surface area contributed by atoms with E-state index in [9.17, 15) is 9.59 Å². The van der Waals surface area contributed by atoms with E-state index < -0.39 is 11.8 Å². The number of hydrogen-bond acceptors (Lipinski definition) is 4. The molecule has 0 aromatic carbocycles. The monoisotopic (exact) mass is 196 g/mol. The van der Waals surface area contributed by atoms with Gasteiger partial charge in [0, 0.05) is 18.9 Å². The highest BCUT2D eigenvalue weighted by Gasteiger charge is 2.21. The molecule has 1 heterocycles. The smallest absolute Gasteiger partial charge is 0.383 e. The minimum atomic E-state index is -0.853. The Hall–Kier alpha value is -1.65. The topological polar surface area (TPSA) is 61.2 Å². The lowest BCUT2D eigenvalue weighted by Crippen LogP contribution is -2.21. The van der Waals surface area contributed by atoms with E-state index in [1.54, 1.807) is 17.7 Å². The molecule has 0 radical (unpaired) electrons. The summed E-state index contributed by atoms with van der Waals surface area (Å²) < 4.78 is 6.18. The van der Waals surface area contributed by atoms with Crippen LogP contribution in [-0.2, 0) is 16.1 Å². The number of nitrogens with zero attached hydrogens (tertiary/aromatic N) is 2. The van der Waals surface area contributed by atoms with Gasteiger partial charge in [0.05, 0.1) is 6.61 Å². The van der Waals surface area contributed by atoms with Crippen molar-refractivity contribution in [2.75, 3.05) is 6.61 Å². The molecule has 0 saturated carbocycles. The Balaban J connectivity index is 2.83. The van der Waals surface area contributed by atoms with Gasteiger partial charge in [-0.15, -0.1) is 0 Å². The quantitative estimate of drug-likeness (QED) is 0.403. The third kappa shape index (κ3) is 1.99. The highest BCUT2D eigenvalue weighted by Crippen LogP contribution is 2.00. The fourth-order valence-electron chi connectivity index (χ4n) is 1.06. The molecular weight excluding hydrogens is 184 g/mol. The zero-order valence-electron chi connectivity index (χ0n) is 8.19. The SMILES string of the molecule is CCOC(=O)C(=O)c1nccn1CC. The lowest BCUT2D eigenvalue weighted by Gasteiger charge is -2.02. The van der Waals surface area contributed by atoms with E-state index in [-0.39, 0.29) is 12.4 Å². The van der Waals surface area contributed by atoms with Crippen molar-refractivity contribution >= 4 is 11.8 Å². The Bertz CT molecular complexity index is 344. The number of imidazole rings is 1. The molecule has 14 heavy (non-hydrogen) atoms. The van der Waals surface area contributed by atoms with Gasteiger partial charge in [-0.3, -0.25) is 4.79 Å². The van der Waals surface area contributed by atoms with Crippen molar-refractivity contribution in [3.05, 3.63) is 18.2 Å². The fourth-order valence-corrected chi connectivity index (χ4v) is 1.06. The predicted molar refractivity (Wildman–Crippen MR) is 48.9 cm³/mol. The van der Waals surface area contributed by atoms with Gasteiger partial charge in [0.2, 0.25) is 0 Å². The summed E-state index contributed by atoms with van der Waals surface area (Å²) in [6.45, 7) is 4.30. The first kappa shape index (κ1) is 10.4. The van der Waals surface area contributed by atoms with Crippen molar-refractivity contribution in [2.24, 2.45) is 0 Å². The molecule has 0 bridgehead atoms. The van der Waals surface area contributed by atoms with Crippen LogP contribution in [0.25, 0.3) is 0 Å². The average molecular weight is 196 g/mol. The predicted octanol–water partition coefficient (Wildman–Crippen LogP) is 0.649. The summed E-state index contributed by atoms with van der Waals surface area (Å²) in [6.07, 6.45) is 3.13. The maximum Gasteiger partial charge on any atom is 0.383 e. The molecule has 0 aliphatic rings. The third-order valence-corrected chi connectivity index (χ3v) is 1.72. The number of rotatable bonds is 4. The molecule has 1 aromatic rings. The average Bonchev–Trinajstić information content (AvgIpc) is 2.64. The Morgan fingerprint density at radius 1 is 1.50 bits per heavy atom. The van der Waals surface area contributed by atoms with Gasteiger partial charge < -0.3 is 9.30 Å². The second-order valence-corrected chi connectivity index (χ2v) is 2.59. The Morgan fingerprint density at radius 3 is 2.79 bits per heavy atom. The zero-order valence-corrected chi connectivity index (χ0v) is 8.19. The summed E-state index contributed by atoms with van der Waals surface area (Å²) in [7, 11) is 0. The molecule has 0 aliphatic heterocycles. The van der Waals surface area contributed by atoms with Crippen LogP contribution in [0.1, 0.15) is 24.5 Å². The van der Waals surface area contributed by atoms with Crippen LogP contribution in [0.5, 0.6) is 0 Å². The van der Waals surface area contributed by atoms with Gasteiger partial charge >= 0.3 is 11.8 Å². The molecule has 5 nitrogen and oxygen atoms in total. The highest BCUT2D eigenvalue weighted by atomic mass is 16.5. The van der Waals surface area contributed by atoms with E-state index >= 15 is 0 Å². The number of ether oxygens (including phenoxy) is 1. The van der Waals surface area contributed by atoms with E-state index in [1.165, 1.54) is 6.20 Å². The first-order valence-electron chi connectivity index (χ1n) is 4.43. The lowest BCUT2D eigenvalue weighted by molar-refractivity contribution is -0.137. The van der Waals surface area contributed by atoms with Crippen molar-refractivity contribution in [1.29, 1.82) is 0 Å². The van der Waals surface area contributed by atoms with Gasteiger partial charge in [0.15, 0.2) is 5.82 Å². The van der Waals surface area contributed by atoms with E-state index in [4.69, 9.17) is 0 Å². The Morgan fingerprint density at radius 2 is 2.21 bits per heavy atom. The maximum absolute atomic E-state index is 11.4. The molecule has 0 unspecified atom stereocenters. The molecule has 5 heteroatoms. The summed E-state index contributed by atoms with van der Waals surface area (Å²) in [5, 5.41) is 0. The van der Waals surface area contributed by atoms with Gasteiger partial charge in [-0.2, -0.15) is 0 Å². The molecular formula is C9H12N2O3. The summed E-state index contributed by atoms with van der Waals surface area (Å²) >= 11 is 0. The molecule has 0 atom stereocenters. The van der Waals surface area contributed by atoms with Crippen LogP contribution in [0.15, 0.2) is 12.4 Å². The van der Waals surface area contributed by atoms with Crippen molar-refractivity contribution in [3.63, 3.8) is 0 Å². The minimum Gasteiger partial charge on any atom is -0.460 e. The molecule has 1 aromatic heterocycles. The van der Waals surface area contributed by atoms with E-state index in [0.717, 1.165) is 0 Å². The number of hydrogen-bond donors (Lipinski definition) is 0. The van der Waals surface area contributed by atoms with Crippen LogP contribution in [-0.4, -0.2) is 27.9 Å². The molecule has 0 N–H and O–H groups in total. The molecule has 0 amide bonds. The van der Waals surface area contributed by atoms with Crippen molar-refractivity contribution in [2.45, 2.75) is 20.4 Å². The molecule has 0 aliphatic carbocycles. The Kier molecular flexibility index (Phi) is 3.39. The normalized spacial score (nSPS) is 9.86. The molecule has 0 spiro atoms. The second-order valence-electron chi connectivity index (χ2n) is 2.59. The van der Waals surface area contributed by atoms with E-state index in [1.807, 2.05) is 6.92 Å². The summed E-state index contributed by atoms with van der Waals surface area (Å²) in [5.41, 5.74) is 0. The zero-order chi connectivity index (χ0) is 10.6. The van der Waals surface area contributed by atoms with Gasteiger partial charge in [-0.25, -0.2) is 9.78 Å². The summed E-state index contributed by atoms with van der Waals surface area (Å²) in [4.78, 5) is 26.3. The Labute approximate surface area is 81.7 Å². The van der Waals surface area contributed by atoms with E-state index in [0.29, 0.717) is 6.54 Å². The number of carbonyl (C=O) groups is 2. The van der Waals surface area contributed by atoms with Crippen LogP contribution < -0.4 is 0 Å².